The van der Waals surface area contributed by atoms with Gasteiger partial charge in [0.2, 0.25) is 11.8 Å². The Labute approximate surface area is 133 Å². The summed E-state index contributed by atoms with van der Waals surface area (Å²) in [6.07, 6.45) is 0.436. The highest BCUT2D eigenvalue weighted by Gasteiger charge is 2.39. The third-order valence-corrected chi connectivity index (χ3v) is 3.63. The van der Waals surface area contributed by atoms with Gasteiger partial charge in [0.05, 0.1) is 5.54 Å². The van der Waals surface area contributed by atoms with E-state index in [1.807, 2.05) is 0 Å². The number of nitrogens with two attached hydrogens (primary N) is 1. The lowest BCUT2D eigenvalue weighted by Crippen LogP contribution is -2.57. The summed E-state index contributed by atoms with van der Waals surface area (Å²) in [7, 11) is 0. The second-order valence-electron chi connectivity index (χ2n) is 6.21. The van der Waals surface area contributed by atoms with Gasteiger partial charge in [-0.05, 0) is 33.1 Å². The molecule has 0 aliphatic carbocycles. The normalized spacial score (nSPS) is 19.3. The Balaban J connectivity index is 2.76. The van der Waals surface area contributed by atoms with Crippen LogP contribution in [0.4, 0.5) is 0 Å². The average molecular weight is 329 g/mol. The van der Waals surface area contributed by atoms with Crippen LogP contribution in [0.3, 0.4) is 0 Å². The van der Waals surface area contributed by atoms with Crippen LogP contribution in [0.15, 0.2) is 0 Å². The van der Waals surface area contributed by atoms with Crippen molar-refractivity contribution in [2.24, 2.45) is 5.73 Å². The molecule has 130 valence electrons. The molecule has 2 amide bonds. The summed E-state index contributed by atoms with van der Waals surface area (Å²) < 4.78 is 0. The van der Waals surface area contributed by atoms with Crippen molar-refractivity contribution in [3.63, 3.8) is 0 Å². The molecule has 1 heterocycles. The smallest absolute Gasteiger partial charge is 0.326 e. The molecule has 0 radical (unpaired) electrons. The van der Waals surface area contributed by atoms with E-state index < -0.39 is 35.5 Å². The number of carboxylic acid groups (broad SMARTS) is 2. The quantitative estimate of drug-likeness (QED) is 0.475. The van der Waals surface area contributed by atoms with E-state index in [1.54, 1.807) is 0 Å². The van der Waals surface area contributed by atoms with Gasteiger partial charge in [-0.15, -0.1) is 0 Å². The highest BCUT2D eigenvalue weighted by atomic mass is 16.4. The van der Waals surface area contributed by atoms with Crippen LogP contribution in [0.5, 0.6) is 0 Å². The number of hydrogen-bond acceptors (Lipinski definition) is 5. The summed E-state index contributed by atoms with van der Waals surface area (Å²) in [5.74, 6) is -3.44. The topological polar surface area (TPSA) is 150 Å². The second-order valence-corrected chi connectivity index (χ2v) is 6.21. The molecule has 0 bridgehead atoms. The van der Waals surface area contributed by atoms with Gasteiger partial charge in [0.1, 0.15) is 12.1 Å². The van der Waals surface area contributed by atoms with E-state index in [4.69, 9.17) is 15.9 Å². The SMILES string of the molecule is CC(C)(N)C(=O)N1CCC[C@H]1C(=O)N[C@@H](CCC(=O)O)C(=O)O. The van der Waals surface area contributed by atoms with Crippen molar-refractivity contribution in [3.05, 3.63) is 0 Å². The van der Waals surface area contributed by atoms with Gasteiger partial charge in [-0.25, -0.2) is 4.79 Å². The molecule has 2 atom stereocenters. The van der Waals surface area contributed by atoms with Gasteiger partial charge in [-0.1, -0.05) is 0 Å². The zero-order valence-corrected chi connectivity index (χ0v) is 13.2. The summed E-state index contributed by atoms with van der Waals surface area (Å²) in [5, 5.41) is 20.0. The fraction of sp³-hybridized carbons (Fsp3) is 0.714. The molecule has 9 nitrogen and oxygen atoms in total. The number of amides is 2. The van der Waals surface area contributed by atoms with Crippen molar-refractivity contribution < 1.29 is 29.4 Å². The number of hydrogen-bond donors (Lipinski definition) is 4. The van der Waals surface area contributed by atoms with Crippen LogP contribution in [0.1, 0.15) is 39.5 Å². The molecule has 9 heteroatoms. The Kier molecular flexibility index (Phi) is 6.08. The zero-order valence-electron chi connectivity index (χ0n) is 13.2. The van der Waals surface area contributed by atoms with Crippen LogP contribution in [0.25, 0.3) is 0 Å². The predicted octanol–water partition coefficient (Wildman–Crippen LogP) is -0.851. The number of nitrogens with one attached hydrogen (secondary N) is 1. The summed E-state index contributed by atoms with van der Waals surface area (Å²) in [4.78, 5) is 47.6. The number of likely N-dealkylation sites (tertiary alicyclic amines) is 1. The minimum absolute atomic E-state index is 0.223. The Morgan fingerprint density at radius 3 is 2.39 bits per heavy atom. The molecule has 0 aromatic heterocycles. The minimum atomic E-state index is -1.31. The third-order valence-electron chi connectivity index (χ3n) is 3.63. The molecule has 0 spiro atoms. The number of rotatable bonds is 7. The summed E-state index contributed by atoms with van der Waals surface area (Å²) >= 11 is 0. The van der Waals surface area contributed by atoms with E-state index in [9.17, 15) is 19.2 Å². The van der Waals surface area contributed by atoms with Gasteiger partial charge in [-0.3, -0.25) is 14.4 Å². The first-order valence-corrected chi connectivity index (χ1v) is 7.39. The number of carbonyl (C=O) groups excluding carboxylic acids is 2. The second kappa shape index (κ2) is 7.40. The number of carboxylic acids is 2. The molecule has 1 fully saturated rings. The molecule has 0 saturated carbocycles. The Bertz CT molecular complexity index is 499. The van der Waals surface area contributed by atoms with Gasteiger partial charge in [0, 0.05) is 13.0 Å². The molecular formula is C14H23N3O6. The lowest BCUT2D eigenvalue weighted by Gasteiger charge is -2.30. The van der Waals surface area contributed by atoms with Crippen LogP contribution < -0.4 is 11.1 Å². The van der Waals surface area contributed by atoms with E-state index >= 15 is 0 Å². The molecular weight excluding hydrogens is 306 g/mol. The van der Waals surface area contributed by atoms with Crippen molar-refractivity contribution in [2.75, 3.05) is 6.54 Å². The van der Waals surface area contributed by atoms with Gasteiger partial charge in [0.15, 0.2) is 0 Å². The first-order valence-electron chi connectivity index (χ1n) is 7.39. The predicted molar refractivity (Wildman–Crippen MR) is 79.4 cm³/mol. The molecule has 1 saturated heterocycles. The van der Waals surface area contributed by atoms with Crippen LogP contribution in [0.2, 0.25) is 0 Å². The zero-order chi connectivity index (χ0) is 17.8. The Morgan fingerprint density at radius 1 is 1.30 bits per heavy atom. The van der Waals surface area contributed by atoms with Crippen molar-refractivity contribution >= 4 is 23.8 Å². The summed E-state index contributed by atoms with van der Waals surface area (Å²) in [6.45, 7) is 3.45. The summed E-state index contributed by atoms with van der Waals surface area (Å²) in [5.41, 5.74) is 4.64. The van der Waals surface area contributed by atoms with E-state index in [1.165, 1.54) is 18.7 Å². The van der Waals surface area contributed by atoms with Gasteiger partial charge in [-0.2, -0.15) is 0 Å². The fourth-order valence-electron chi connectivity index (χ4n) is 2.45. The lowest BCUT2D eigenvalue weighted by atomic mass is 10.0. The van der Waals surface area contributed by atoms with Crippen molar-refractivity contribution in [2.45, 2.75) is 57.2 Å². The highest BCUT2D eigenvalue weighted by Crippen LogP contribution is 2.21. The van der Waals surface area contributed by atoms with Crippen LogP contribution >= 0.6 is 0 Å². The molecule has 0 aromatic rings. The number of carbonyl (C=O) groups is 4. The average Bonchev–Trinajstić information content (AvgIpc) is 2.89. The van der Waals surface area contributed by atoms with E-state index in [2.05, 4.69) is 5.32 Å². The number of aliphatic carboxylic acids is 2. The fourth-order valence-corrected chi connectivity index (χ4v) is 2.45. The molecule has 1 rings (SSSR count). The Morgan fingerprint density at radius 2 is 1.91 bits per heavy atom. The van der Waals surface area contributed by atoms with Crippen LogP contribution in [-0.2, 0) is 19.2 Å². The summed E-state index contributed by atoms with van der Waals surface area (Å²) in [6, 6.07) is -2.08. The van der Waals surface area contributed by atoms with Crippen molar-refractivity contribution in [3.8, 4) is 0 Å². The third kappa shape index (κ3) is 5.20. The first kappa shape index (κ1) is 18.9. The Hall–Kier alpha value is -2.16. The maximum absolute atomic E-state index is 12.3. The molecule has 1 aliphatic heterocycles. The first-order chi connectivity index (χ1) is 10.5. The van der Waals surface area contributed by atoms with Crippen LogP contribution in [-0.4, -0.2) is 63.0 Å². The minimum Gasteiger partial charge on any atom is -0.481 e. The van der Waals surface area contributed by atoms with Crippen molar-refractivity contribution in [1.82, 2.24) is 10.2 Å². The van der Waals surface area contributed by atoms with Crippen molar-refractivity contribution in [1.29, 1.82) is 0 Å². The highest BCUT2D eigenvalue weighted by molar-refractivity contribution is 5.93. The van der Waals surface area contributed by atoms with E-state index in [0.29, 0.717) is 19.4 Å². The monoisotopic (exact) mass is 329 g/mol. The van der Waals surface area contributed by atoms with Gasteiger partial charge >= 0.3 is 11.9 Å². The molecule has 5 N–H and O–H groups in total. The molecule has 0 aromatic carbocycles. The molecule has 0 unspecified atom stereocenters. The van der Waals surface area contributed by atoms with E-state index in [-0.39, 0.29) is 18.7 Å². The van der Waals surface area contributed by atoms with Gasteiger partial charge in [0.25, 0.3) is 0 Å². The number of nitrogens with zero attached hydrogens (tertiary/aromatic N) is 1. The standard InChI is InChI=1S/C14H23N3O6/c1-14(2,15)13(23)17-7-3-4-9(17)11(20)16-8(12(21)22)5-6-10(18)19/h8-9H,3-7,15H2,1-2H3,(H,16,20)(H,18,19)(H,21,22)/t8-,9-/m0/s1. The lowest BCUT2D eigenvalue weighted by molar-refractivity contribution is -0.145. The van der Waals surface area contributed by atoms with Gasteiger partial charge < -0.3 is 26.2 Å². The largest absolute Gasteiger partial charge is 0.481 e. The maximum atomic E-state index is 12.3. The van der Waals surface area contributed by atoms with E-state index in [0.717, 1.165) is 0 Å². The molecule has 23 heavy (non-hydrogen) atoms. The maximum Gasteiger partial charge on any atom is 0.326 e. The van der Waals surface area contributed by atoms with Crippen LogP contribution in [0, 0.1) is 0 Å². The molecule has 1 aliphatic rings.